The van der Waals surface area contributed by atoms with Crippen LogP contribution < -0.4 is 0 Å². The van der Waals surface area contributed by atoms with E-state index in [1.807, 2.05) is 0 Å². The molecule has 2 amide bonds. The highest BCUT2D eigenvalue weighted by atomic mass is 32.2. The van der Waals surface area contributed by atoms with Crippen molar-refractivity contribution in [2.45, 2.75) is 62.2 Å². The summed E-state index contributed by atoms with van der Waals surface area (Å²) in [5.74, 6) is -4.28. The maximum atomic E-state index is 14.4. The molecule has 1 aliphatic rings. The highest BCUT2D eigenvalue weighted by Gasteiger charge is 2.73. The van der Waals surface area contributed by atoms with Gasteiger partial charge in [0.2, 0.25) is 11.8 Å². The number of rotatable bonds is 12. The molecule has 16 heteroatoms. The third kappa shape index (κ3) is 8.93. The van der Waals surface area contributed by atoms with Crippen molar-refractivity contribution in [3.63, 3.8) is 0 Å². The second-order valence-electron chi connectivity index (χ2n) is 11.8. The molecule has 0 saturated carbocycles. The first kappa shape index (κ1) is 39.0. The summed E-state index contributed by atoms with van der Waals surface area (Å²) >= 11 is -1.55. The minimum Gasteiger partial charge on any atom is -0.611 e. The molecule has 0 aromatic heterocycles. The maximum Gasteiger partial charge on any atom is 0.430 e. The summed E-state index contributed by atoms with van der Waals surface area (Å²) in [7, 11) is 0. The van der Waals surface area contributed by atoms with Gasteiger partial charge >= 0.3 is 12.4 Å². The lowest BCUT2D eigenvalue weighted by Crippen LogP contribution is -2.55. The molecule has 50 heavy (non-hydrogen) atoms. The number of amides is 2. The Morgan fingerprint density at radius 1 is 0.880 bits per heavy atom. The van der Waals surface area contributed by atoms with E-state index in [-0.39, 0.29) is 42.6 Å². The summed E-state index contributed by atoms with van der Waals surface area (Å²) in [6, 6.07) is 10.2. The number of likely N-dealkylation sites (tertiary alicyclic amines) is 1. The van der Waals surface area contributed by atoms with Crippen molar-refractivity contribution in [1.82, 2.24) is 9.80 Å². The van der Waals surface area contributed by atoms with Crippen LogP contribution in [0.25, 0.3) is 0 Å². The number of hydrogen-bond donors (Lipinski definition) is 0. The van der Waals surface area contributed by atoms with E-state index in [2.05, 4.69) is 4.74 Å². The van der Waals surface area contributed by atoms with Gasteiger partial charge in [0.25, 0.3) is 5.60 Å². The summed E-state index contributed by atoms with van der Waals surface area (Å²) in [4.78, 5) is 28.7. The van der Waals surface area contributed by atoms with Crippen LogP contribution in [0.1, 0.15) is 42.9 Å². The van der Waals surface area contributed by atoms with Crippen LogP contribution in [0, 0.1) is 23.4 Å². The second-order valence-corrected chi connectivity index (χ2v) is 13.3. The molecular formula is C34H33F9N2O4S. The molecule has 4 rings (SSSR count). The van der Waals surface area contributed by atoms with Crippen LogP contribution in [0.5, 0.6) is 0 Å². The first-order valence-electron chi connectivity index (χ1n) is 15.4. The number of carbonyl (C=O) groups excluding carboxylic acids is 2. The Morgan fingerprint density at radius 3 is 1.96 bits per heavy atom. The van der Waals surface area contributed by atoms with E-state index in [9.17, 15) is 53.7 Å². The van der Waals surface area contributed by atoms with Crippen LogP contribution in [0.15, 0.2) is 71.6 Å². The zero-order valence-corrected chi connectivity index (χ0v) is 27.4. The highest BCUT2D eigenvalue weighted by molar-refractivity contribution is 7.91. The Bertz CT molecular complexity index is 1580. The maximum absolute atomic E-state index is 14.4. The average Bonchev–Trinajstić information content (AvgIpc) is 3.05. The van der Waals surface area contributed by atoms with Crippen molar-refractivity contribution in [3.8, 4) is 0 Å². The number of carbonyl (C=O) groups is 2. The molecule has 1 atom stereocenters. The lowest BCUT2D eigenvalue weighted by Gasteiger charge is -2.37. The van der Waals surface area contributed by atoms with Gasteiger partial charge in [-0.1, -0.05) is 30.3 Å². The Labute approximate surface area is 285 Å². The predicted octanol–water partition coefficient (Wildman–Crippen LogP) is 7.43. The molecule has 0 aliphatic carbocycles. The van der Waals surface area contributed by atoms with Crippen molar-refractivity contribution in [1.29, 1.82) is 0 Å². The SMILES string of the molecule is CC(=O)N1CCC(C(=O)N(CCC[S@@+]([O-])c2ccc(F)cc2)Cc2ccc(C(OCc3c(F)cccc3F)(C(F)(F)F)C(F)(F)F)cc2)CC1. The lowest BCUT2D eigenvalue weighted by molar-refractivity contribution is -0.392. The Hall–Kier alpha value is -3.76. The molecule has 272 valence electrons. The molecule has 0 spiro atoms. The molecule has 0 N–H and O–H groups in total. The Kier molecular flexibility index (Phi) is 12.5. The number of nitrogens with zero attached hydrogens (tertiary/aromatic N) is 2. The first-order valence-corrected chi connectivity index (χ1v) is 16.7. The van der Waals surface area contributed by atoms with E-state index in [0.29, 0.717) is 55.1 Å². The number of hydrogen-bond acceptors (Lipinski definition) is 4. The van der Waals surface area contributed by atoms with E-state index in [1.54, 1.807) is 4.90 Å². The standard InChI is InChI=1S/C34H33F9N2O4S/c1-22(46)44-17-14-24(15-18-44)31(47)45(16-3-19-50(48)27-12-10-26(35)11-13-27)20-23-6-8-25(9-7-23)32(33(38,39)40,34(41,42)43)49-21-28-29(36)4-2-5-30(28)37/h2,4-13,24H,3,14-21H2,1H3/t50-/m1/s1. The van der Waals surface area contributed by atoms with Gasteiger partial charge in [-0.15, -0.1) is 0 Å². The predicted molar refractivity (Wildman–Crippen MR) is 164 cm³/mol. The molecular weight excluding hydrogens is 703 g/mol. The molecule has 1 saturated heterocycles. The summed E-state index contributed by atoms with van der Waals surface area (Å²) in [6.07, 6.45) is -11.4. The number of piperidine rings is 1. The van der Waals surface area contributed by atoms with Crippen LogP contribution in [-0.4, -0.2) is 63.9 Å². The molecule has 0 bridgehead atoms. The smallest absolute Gasteiger partial charge is 0.430 e. The molecule has 6 nitrogen and oxygen atoms in total. The van der Waals surface area contributed by atoms with E-state index in [4.69, 9.17) is 0 Å². The molecule has 1 fully saturated rings. The van der Waals surface area contributed by atoms with Crippen LogP contribution in [-0.2, 0) is 44.3 Å². The van der Waals surface area contributed by atoms with Gasteiger partial charge < -0.3 is 19.1 Å². The van der Waals surface area contributed by atoms with Crippen molar-refractivity contribution in [3.05, 3.63) is 101 Å². The normalized spacial score (nSPS) is 15.2. The summed E-state index contributed by atoms with van der Waals surface area (Å²) < 4.78 is 145. The Morgan fingerprint density at radius 2 is 1.44 bits per heavy atom. The Balaban J connectivity index is 1.58. The van der Waals surface area contributed by atoms with Gasteiger partial charge in [-0.2, -0.15) is 26.3 Å². The number of alkyl halides is 6. The quantitative estimate of drug-likeness (QED) is 0.143. The topological polar surface area (TPSA) is 72.9 Å². The number of benzene rings is 3. The minimum atomic E-state index is -6.12. The van der Waals surface area contributed by atoms with Gasteiger partial charge in [0, 0.05) is 56.6 Å². The molecule has 1 heterocycles. The van der Waals surface area contributed by atoms with Gasteiger partial charge in [-0.3, -0.25) is 9.59 Å². The van der Waals surface area contributed by atoms with Gasteiger partial charge in [0.1, 0.15) is 23.2 Å². The monoisotopic (exact) mass is 736 g/mol. The summed E-state index contributed by atoms with van der Waals surface area (Å²) in [5.41, 5.74) is -7.33. The van der Waals surface area contributed by atoms with Crippen LogP contribution in [0.3, 0.4) is 0 Å². The molecule has 3 aromatic carbocycles. The second kappa shape index (κ2) is 16.1. The van der Waals surface area contributed by atoms with Crippen LogP contribution in [0.4, 0.5) is 39.5 Å². The number of halogens is 9. The fourth-order valence-corrected chi connectivity index (χ4v) is 6.78. The zero-order chi connectivity index (χ0) is 36.9. The molecule has 3 aromatic rings. The van der Waals surface area contributed by atoms with E-state index < -0.39 is 70.2 Å². The fourth-order valence-electron chi connectivity index (χ4n) is 5.71. The number of ether oxygens (including phenoxy) is 1. The molecule has 1 aliphatic heterocycles. The van der Waals surface area contributed by atoms with Crippen molar-refractivity contribution >= 4 is 23.0 Å². The van der Waals surface area contributed by atoms with Crippen LogP contribution in [0.2, 0.25) is 0 Å². The lowest BCUT2D eigenvalue weighted by atomic mass is 9.90. The average molecular weight is 737 g/mol. The van der Waals surface area contributed by atoms with E-state index >= 15 is 0 Å². The van der Waals surface area contributed by atoms with Gasteiger partial charge in [0.15, 0.2) is 4.90 Å². The minimum absolute atomic E-state index is 0.0206. The zero-order valence-electron chi connectivity index (χ0n) is 26.6. The summed E-state index contributed by atoms with van der Waals surface area (Å²) in [6.45, 7) is 0.125. The fraction of sp³-hybridized carbons (Fsp3) is 0.412. The van der Waals surface area contributed by atoms with Crippen LogP contribution >= 0.6 is 0 Å². The van der Waals surface area contributed by atoms with Crippen molar-refractivity contribution in [2.24, 2.45) is 5.92 Å². The first-order chi connectivity index (χ1) is 23.4. The third-order valence-electron chi connectivity index (χ3n) is 8.46. The summed E-state index contributed by atoms with van der Waals surface area (Å²) in [5, 5.41) is 0. The van der Waals surface area contributed by atoms with E-state index in [1.165, 1.54) is 24.0 Å². The largest absolute Gasteiger partial charge is 0.611 e. The van der Waals surface area contributed by atoms with Crippen molar-refractivity contribution < 1.29 is 58.4 Å². The van der Waals surface area contributed by atoms with Crippen molar-refractivity contribution in [2.75, 3.05) is 25.4 Å². The van der Waals surface area contributed by atoms with E-state index in [0.717, 1.165) is 30.3 Å². The highest BCUT2D eigenvalue weighted by Crippen LogP contribution is 2.53. The molecule has 0 radical (unpaired) electrons. The van der Waals surface area contributed by atoms with Gasteiger partial charge in [-0.25, -0.2) is 13.2 Å². The third-order valence-corrected chi connectivity index (χ3v) is 9.92. The molecule has 0 unspecified atom stereocenters. The van der Waals surface area contributed by atoms with Gasteiger partial charge in [-0.05, 0) is 66.0 Å². The van der Waals surface area contributed by atoms with Gasteiger partial charge in [0.05, 0.1) is 6.61 Å².